The van der Waals surface area contributed by atoms with Gasteiger partial charge in [-0.15, -0.1) is 11.3 Å². The number of nitriles is 2. The van der Waals surface area contributed by atoms with E-state index < -0.39 is 12.0 Å². The Morgan fingerprint density at radius 3 is 2.52 bits per heavy atom. The van der Waals surface area contributed by atoms with Crippen LogP contribution in [0.25, 0.3) is 0 Å². The van der Waals surface area contributed by atoms with E-state index in [0.29, 0.717) is 10.6 Å². The normalized spacial score (nSPS) is 13.5. The molecule has 104 valence electrons. The maximum atomic E-state index is 12.9. The van der Waals surface area contributed by atoms with Gasteiger partial charge < -0.3 is 0 Å². The van der Waals surface area contributed by atoms with Gasteiger partial charge in [-0.1, -0.05) is 12.1 Å². The zero-order chi connectivity index (χ0) is 15.2. The van der Waals surface area contributed by atoms with Crippen LogP contribution in [0.15, 0.2) is 34.6 Å². The first-order valence-electron chi connectivity index (χ1n) is 6.14. The van der Waals surface area contributed by atoms with Gasteiger partial charge in [0.05, 0.1) is 12.1 Å². The molecule has 0 bridgehead atoms. The molecular weight excluding hydrogens is 287 g/mol. The quantitative estimate of drug-likeness (QED) is 0.810. The maximum absolute atomic E-state index is 12.9. The molecule has 0 aliphatic carbocycles. The molecule has 6 heteroatoms. The van der Waals surface area contributed by atoms with E-state index in [1.807, 2.05) is 18.4 Å². The summed E-state index contributed by atoms with van der Waals surface area (Å²) in [6, 6.07) is 8.94. The van der Waals surface area contributed by atoms with Crippen molar-refractivity contribution in [2.75, 3.05) is 0 Å². The van der Waals surface area contributed by atoms with Crippen molar-refractivity contribution in [2.24, 2.45) is 4.99 Å². The number of halogens is 1. The molecule has 0 amide bonds. The third-order valence-corrected chi connectivity index (χ3v) is 3.78. The summed E-state index contributed by atoms with van der Waals surface area (Å²) in [7, 11) is 0. The van der Waals surface area contributed by atoms with Gasteiger partial charge in [-0.3, -0.25) is 4.99 Å². The lowest BCUT2D eigenvalue weighted by Gasteiger charge is -2.04. The molecule has 2 rings (SSSR count). The second kappa shape index (κ2) is 6.74. The van der Waals surface area contributed by atoms with E-state index in [1.165, 1.54) is 41.8 Å². The molecule has 0 aliphatic rings. The topological polar surface area (TPSA) is 72.8 Å². The number of aryl methyl sites for hydroxylation is 1. The van der Waals surface area contributed by atoms with Gasteiger partial charge in [0.2, 0.25) is 0 Å². The van der Waals surface area contributed by atoms with E-state index in [9.17, 15) is 9.65 Å². The molecule has 21 heavy (non-hydrogen) atoms. The van der Waals surface area contributed by atoms with Crippen LogP contribution in [0, 0.1) is 35.4 Å². The highest BCUT2D eigenvalue weighted by Gasteiger charge is 2.14. The Kier molecular flexibility index (Phi) is 4.76. The molecule has 2 atom stereocenters. The first-order chi connectivity index (χ1) is 10.1. The summed E-state index contributed by atoms with van der Waals surface area (Å²) in [6.07, 6.45) is 1.43. The second-order valence-electron chi connectivity index (χ2n) is 4.32. The minimum Gasteiger partial charge on any atom is -0.272 e. The summed E-state index contributed by atoms with van der Waals surface area (Å²) in [5.41, 5.74) is 1.43. The summed E-state index contributed by atoms with van der Waals surface area (Å²) in [6.45, 7) is 1.85. The molecule has 0 N–H and O–H groups in total. The number of hydrogen-bond acceptors (Lipinski definition) is 5. The van der Waals surface area contributed by atoms with Crippen molar-refractivity contribution in [3.8, 4) is 12.1 Å². The summed E-state index contributed by atoms with van der Waals surface area (Å²) in [5, 5.41) is 20.8. The van der Waals surface area contributed by atoms with Gasteiger partial charge >= 0.3 is 0 Å². The fourth-order valence-electron chi connectivity index (χ4n) is 1.68. The van der Waals surface area contributed by atoms with E-state index in [-0.39, 0.29) is 5.82 Å². The highest BCUT2D eigenvalue weighted by Crippen LogP contribution is 2.21. The summed E-state index contributed by atoms with van der Waals surface area (Å²) >= 11 is 1.38. The van der Waals surface area contributed by atoms with Crippen molar-refractivity contribution < 1.29 is 4.39 Å². The lowest BCUT2D eigenvalue weighted by molar-refractivity contribution is 0.626. The highest BCUT2D eigenvalue weighted by molar-refractivity contribution is 7.09. The van der Waals surface area contributed by atoms with E-state index >= 15 is 0 Å². The van der Waals surface area contributed by atoms with Crippen LogP contribution in [0.4, 0.5) is 4.39 Å². The predicted octanol–water partition coefficient (Wildman–Crippen LogP) is 3.53. The average Bonchev–Trinajstić information content (AvgIpc) is 2.91. The molecule has 0 fully saturated rings. The number of benzene rings is 1. The molecule has 0 aliphatic heterocycles. The monoisotopic (exact) mass is 298 g/mol. The Bertz CT molecular complexity index is 721. The Labute approximate surface area is 125 Å². The number of aromatic nitrogens is 1. The molecule has 1 aromatic heterocycles. The van der Waals surface area contributed by atoms with Crippen LogP contribution in [0.2, 0.25) is 0 Å². The van der Waals surface area contributed by atoms with Crippen LogP contribution in [-0.2, 0) is 0 Å². The van der Waals surface area contributed by atoms with Gasteiger partial charge in [-0.2, -0.15) is 10.5 Å². The number of thiazole rings is 1. The zero-order valence-electron chi connectivity index (χ0n) is 11.2. The van der Waals surface area contributed by atoms with E-state index in [0.717, 1.165) is 5.69 Å². The maximum Gasteiger partial charge on any atom is 0.161 e. The summed E-state index contributed by atoms with van der Waals surface area (Å²) in [4.78, 5) is 8.38. The molecule has 0 unspecified atom stereocenters. The molecule has 1 heterocycles. The van der Waals surface area contributed by atoms with Gasteiger partial charge in [0.25, 0.3) is 0 Å². The lowest BCUT2D eigenvalue weighted by Crippen LogP contribution is -2.00. The smallest absolute Gasteiger partial charge is 0.161 e. The van der Waals surface area contributed by atoms with Crippen molar-refractivity contribution in [2.45, 2.75) is 18.9 Å². The van der Waals surface area contributed by atoms with E-state index in [2.05, 4.69) is 16.0 Å². The van der Waals surface area contributed by atoms with Crippen LogP contribution in [-0.4, -0.2) is 11.2 Å². The molecule has 0 saturated heterocycles. The van der Waals surface area contributed by atoms with Gasteiger partial charge in [0, 0.05) is 17.3 Å². The predicted molar refractivity (Wildman–Crippen MR) is 78.5 cm³/mol. The molecule has 4 nitrogen and oxygen atoms in total. The van der Waals surface area contributed by atoms with Gasteiger partial charge in [0.15, 0.2) is 6.04 Å². The van der Waals surface area contributed by atoms with Crippen LogP contribution in [0.3, 0.4) is 0 Å². The molecule has 0 spiro atoms. The number of hydrogen-bond donors (Lipinski definition) is 0. The molecule has 1 aromatic carbocycles. The zero-order valence-corrected chi connectivity index (χ0v) is 12.0. The van der Waals surface area contributed by atoms with Gasteiger partial charge in [-0.05, 0) is 24.6 Å². The Hall–Kier alpha value is -2.57. The van der Waals surface area contributed by atoms with Gasteiger partial charge in [-0.25, -0.2) is 9.37 Å². The Balaban J connectivity index is 2.19. The second-order valence-corrected chi connectivity index (χ2v) is 5.20. The molecule has 2 aromatic rings. The fraction of sp³-hybridized carbons (Fsp3) is 0.200. The number of rotatable bonds is 4. The lowest BCUT2D eigenvalue weighted by atomic mass is 10.1. The molecular formula is C15H11FN4S. The Morgan fingerprint density at radius 1 is 1.29 bits per heavy atom. The Morgan fingerprint density at radius 2 is 2.00 bits per heavy atom. The summed E-state index contributed by atoms with van der Waals surface area (Å²) in [5.74, 6) is -0.951. The van der Waals surface area contributed by atoms with Crippen molar-refractivity contribution >= 4 is 17.6 Å². The molecule has 0 saturated carbocycles. The first kappa shape index (κ1) is 14.8. The minimum atomic E-state index is -0.762. The number of nitrogens with zero attached hydrogens (tertiary/aromatic N) is 4. The van der Waals surface area contributed by atoms with E-state index in [1.54, 1.807) is 0 Å². The minimum absolute atomic E-state index is 0.368. The standard InChI is InChI=1S/C15H11FN4S/c1-10-9-21-15(20-10)12(6-17)8-19-14(7-18)11-2-4-13(16)5-3-11/h2-5,8-9,12,14H,1H3/t12-,14-/m0/s1. The van der Waals surface area contributed by atoms with E-state index in [4.69, 9.17) is 5.26 Å². The van der Waals surface area contributed by atoms with Crippen LogP contribution < -0.4 is 0 Å². The SMILES string of the molecule is Cc1csc([C@@H](C#N)C=N[C@@H](C#N)c2ccc(F)cc2)n1. The highest BCUT2D eigenvalue weighted by atomic mass is 32.1. The molecule has 0 radical (unpaired) electrons. The van der Waals surface area contributed by atoms with Crippen LogP contribution >= 0.6 is 11.3 Å². The average molecular weight is 298 g/mol. The summed E-state index contributed by atoms with van der Waals surface area (Å²) < 4.78 is 12.9. The first-order valence-corrected chi connectivity index (χ1v) is 7.02. The van der Waals surface area contributed by atoms with Gasteiger partial charge in [0.1, 0.15) is 16.7 Å². The number of aliphatic imine (C=N–C) groups is 1. The van der Waals surface area contributed by atoms with Crippen molar-refractivity contribution in [1.82, 2.24) is 4.98 Å². The van der Waals surface area contributed by atoms with Crippen LogP contribution in [0.1, 0.15) is 28.2 Å². The van der Waals surface area contributed by atoms with Crippen molar-refractivity contribution in [3.05, 3.63) is 51.7 Å². The van der Waals surface area contributed by atoms with Crippen LogP contribution in [0.5, 0.6) is 0 Å². The van der Waals surface area contributed by atoms with Crippen molar-refractivity contribution in [1.29, 1.82) is 10.5 Å². The fourth-order valence-corrected chi connectivity index (χ4v) is 2.48. The van der Waals surface area contributed by atoms with Crippen molar-refractivity contribution in [3.63, 3.8) is 0 Å². The third kappa shape index (κ3) is 3.71. The third-order valence-electron chi connectivity index (χ3n) is 2.73. The largest absolute Gasteiger partial charge is 0.272 e.